The van der Waals surface area contributed by atoms with E-state index >= 15 is 0 Å². The van der Waals surface area contributed by atoms with Gasteiger partial charge in [-0.15, -0.1) is 0 Å². The van der Waals surface area contributed by atoms with Crippen molar-refractivity contribution in [3.05, 3.63) is 35.2 Å². The maximum Gasteiger partial charge on any atom is 0.110 e. The number of halogens is 1. The molecule has 2 aliphatic carbocycles. The van der Waals surface area contributed by atoms with Crippen LogP contribution >= 0.6 is 0 Å². The maximum atomic E-state index is 14.5. The third-order valence-corrected chi connectivity index (χ3v) is 4.00. The maximum absolute atomic E-state index is 14.5. The fourth-order valence-corrected chi connectivity index (χ4v) is 2.88. The molecule has 0 bridgehead atoms. The molecule has 0 N–H and O–H groups in total. The summed E-state index contributed by atoms with van der Waals surface area (Å²) in [5, 5.41) is 0. The van der Waals surface area contributed by atoms with Crippen LogP contribution in [0.2, 0.25) is 0 Å². The van der Waals surface area contributed by atoms with Gasteiger partial charge in [0.2, 0.25) is 0 Å². The number of allylic oxidation sites excluding steroid dienone is 6. The monoisotopic (exact) mass is 234 g/mol. The molecule has 0 radical (unpaired) electrons. The molecule has 1 saturated carbocycles. The van der Waals surface area contributed by atoms with Gasteiger partial charge in [-0.25, -0.2) is 4.39 Å². The zero-order valence-corrected chi connectivity index (χ0v) is 10.8. The first-order chi connectivity index (χ1) is 8.29. The average Bonchev–Trinajstić information content (AvgIpc) is 2.79. The minimum atomic E-state index is 0.148. The molecule has 0 aromatic rings. The van der Waals surface area contributed by atoms with Crippen LogP contribution in [0.4, 0.5) is 4.39 Å². The van der Waals surface area contributed by atoms with Gasteiger partial charge < -0.3 is 0 Å². The van der Waals surface area contributed by atoms with Gasteiger partial charge in [0.25, 0.3) is 0 Å². The van der Waals surface area contributed by atoms with Gasteiger partial charge in [0.05, 0.1) is 0 Å². The molecule has 1 heteroatoms. The van der Waals surface area contributed by atoms with Gasteiger partial charge in [0, 0.05) is 11.5 Å². The minimum Gasteiger partial charge on any atom is -0.211 e. The van der Waals surface area contributed by atoms with Gasteiger partial charge in [-0.05, 0) is 25.3 Å². The van der Waals surface area contributed by atoms with Crippen molar-refractivity contribution < 1.29 is 4.39 Å². The lowest BCUT2D eigenvalue weighted by Gasteiger charge is -2.16. The predicted octanol–water partition coefficient (Wildman–Crippen LogP) is 5.48. The third kappa shape index (κ3) is 3.31. The summed E-state index contributed by atoms with van der Waals surface area (Å²) in [7, 11) is 0. The molecule has 0 aliphatic heterocycles. The van der Waals surface area contributed by atoms with E-state index in [1.807, 2.05) is 25.2 Å². The molecule has 0 aromatic heterocycles. The van der Waals surface area contributed by atoms with E-state index in [0.29, 0.717) is 0 Å². The molecule has 0 aromatic carbocycles. The number of rotatable bonds is 1. The van der Waals surface area contributed by atoms with Gasteiger partial charge >= 0.3 is 0 Å². The Morgan fingerprint density at radius 3 is 2.18 bits per heavy atom. The Morgan fingerprint density at radius 2 is 1.65 bits per heavy atom. The smallest absolute Gasteiger partial charge is 0.110 e. The zero-order valence-electron chi connectivity index (χ0n) is 10.8. The van der Waals surface area contributed by atoms with Gasteiger partial charge in [0.1, 0.15) is 5.83 Å². The summed E-state index contributed by atoms with van der Waals surface area (Å²) in [6.45, 7) is 2.00. The first-order valence-electron chi connectivity index (χ1n) is 7.04. The van der Waals surface area contributed by atoms with Crippen LogP contribution in [0.15, 0.2) is 35.2 Å². The molecular formula is C16H23F. The number of hydrogen-bond donors (Lipinski definition) is 0. The lowest BCUT2D eigenvalue weighted by atomic mass is 9.92. The standard InChI is InChI=1S/C16H23F/c1-13-9-8-12-15(13)16(17)14-10-6-4-2-3-5-7-11-14/h8-9,12,14H,2-7,10-11H2,1H3/b16-15+. The van der Waals surface area contributed by atoms with Crippen molar-refractivity contribution in [1.29, 1.82) is 0 Å². The highest BCUT2D eigenvalue weighted by atomic mass is 19.1. The Bertz CT molecular complexity index is 337. The fraction of sp³-hybridized carbons (Fsp3) is 0.625. The van der Waals surface area contributed by atoms with E-state index in [1.165, 1.54) is 38.5 Å². The molecule has 2 aliphatic rings. The van der Waals surface area contributed by atoms with Crippen molar-refractivity contribution in [2.75, 3.05) is 0 Å². The topological polar surface area (TPSA) is 0 Å². The van der Waals surface area contributed by atoms with E-state index in [0.717, 1.165) is 24.0 Å². The molecule has 17 heavy (non-hydrogen) atoms. The molecule has 1 fully saturated rings. The summed E-state index contributed by atoms with van der Waals surface area (Å²) >= 11 is 0. The van der Waals surface area contributed by atoms with E-state index < -0.39 is 0 Å². The summed E-state index contributed by atoms with van der Waals surface area (Å²) in [6, 6.07) is 0. The molecule has 0 nitrogen and oxygen atoms in total. The summed E-state index contributed by atoms with van der Waals surface area (Å²) in [5.74, 6) is 0.323. The predicted molar refractivity (Wildman–Crippen MR) is 71.5 cm³/mol. The Kier molecular flexibility index (Phi) is 4.58. The first-order valence-corrected chi connectivity index (χ1v) is 7.04. The van der Waals surface area contributed by atoms with Crippen LogP contribution in [0.1, 0.15) is 58.3 Å². The van der Waals surface area contributed by atoms with Crippen LogP contribution in [-0.4, -0.2) is 0 Å². The van der Waals surface area contributed by atoms with Crippen molar-refractivity contribution in [2.24, 2.45) is 5.92 Å². The SMILES string of the molecule is CC1=CC=C/C1=C(\F)C1CCCCCCCC1. The second kappa shape index (κ2) is 6.18. The van der Waals surface area contributed by atoms with Gasteiger partial charge in [-0.2, -0.15) is 0 Å². The third-order valence-electron chi connectivity index (χ3n) is 4.00. The van der Waals surface area contributed by atoms with Crippen molar-refractivity contribution >= 4 is 0 Å². The lowest BCUT2D eigenvalue weighted by Crippen LogP contribution is -2.03. The molecular weight excluding hydrogens is 211 g/mol. The molecule has 0 saturated heterocycles. The van der Waals surface area contributed by atoms with E-state index in [-0.39, 0.29) is 11.7 Å². The van der Waals surface area contributed by atoms with Crippen LogP contribution < -0.4 is 0 Å². The van der Waals surface area contributed by atoms with Crippen LogP contribution in [-0.2, 0) is 0 Å². The minimum absolute atomic E-state index is 0.148. The molecule has 0 amide bonds. The summed E-state index contributed by atoms with van der Waals surface area (Å²) in [6.07, 6.45) is 15.6. The van der Waals surface area contributed by atoms with Crippen molar-refractivity contribution in [3.63, 3.8) is 0 Å². The molecule has 0 unspecified atom stereocenters. The Morgan fingerprint density at radius 1 is 1.06 bits per heavy atom. The highest BCUT2D eigenvalue weighted by Crippen LogP contribution is 2.33. The van der Waals surface area contributed by atoms with Crippen molar-refractivity contribution in [1.82, 2.24) is 0 Å². The molecule has 94 valence electrons. The summed E-state index contributed by atoms with van der Waals surface area (Å²) in [4.78, 5) is 0. The average molecular weight is 234 g/mol. The van der Waals surface area contributed by atoms with Crippen LogP contribution in [0, 0.1) is 5.92 Å². The Labute approximate surface area is 104 Å². The quantitative estimate of drug-likeness (QED) is 0.564. The Hall–Kier alpha value is -0.850. The van der Waals surface area contributed by atoms with E-state index in [1.54, 1.807) is 0 Å². The highest BCUT2D eigenvalue weighted by molar-refractivity contribution is 5.48. The van der Waals surface area contributed by atoms with Gasteiger partial charge in [-0.3, -0.25) is 0 Å². The molecule has 2 rings (SSSR count). The van der Waals surface area contributed by atoms with Gasteiger partial charge in [-0.1, -0.05) is 56.8 Å². The molecule has 0 atom stereocenters. The van der Waals surface area contributed by atoms with Crippen molar-refractivity contribution in [3.8, 4) is 0 Å². The van der Waals surface area contributed by atoms with Crippen LogP contribution in [0.25, 0.3) is 0 Å². The summed E-state index contributed by atoms with van der Waals surface area (Å²) < 4.78 is 14.5. The largest absolute Gasteiger partial charge is 0.211 e. The number of hydrogen-bond acceptors (Lipinski definition) is 0. The molecule has 0 heterocycles. The van der Waals surface area contributed by atoms with Crippen molar-refractivity contribution in [2.45, 2.75) is 58.3 Å². The zero-order chi connectivity index (χ0) is 12.1. The first kappa shape index (κ1) is 12.6. The highest BCUT2D eigenvalue weighted by Gasteiger charge is 2.19. The fourth-order valence-electron chi connectivity index (χ4n) is 2.88. The van der Waals surface area contributed by atoms with E-state index in [2.05, 4.69) is 0 Å². The van der Waals surface area contributed by atoms with E-state index in [4.69, 9.17) is 0 Å². The second-order valence-electron chi connectivity index (χ2n) is 5.37. The van der Waals surface area contributed by atoms with Crippen LogP contribution in [0.5, 0.6) is 0 Å². The van der Waals surface area contributed by atoms with Crippen LogP contribution in [0.3, 0.4) is 0 Å². The van der Waals surface area contributed by atoms with E-state index in [9.17, 15) is 4.39 Å². The normalized spacial score (nSPS) is 26.1. The summed E-state index contributed by atoms with van der Waals surface area (Å²) in [5.41, 5.74) is 1.94. The lowest BCUT2D eigenvalue weighted by molar-refractivity contribution is 0.398. The van der Waals surface area contributed by atoms with Gasteiger partial charge in [0.15, 0.2) is 0 Å². The second-order valence-corrected chi connectivity index (χ2v) is 5.37. The molecule has 0 spiro atoms. The Balaban J connectivity index is 2.08.